The molecule has 0 spiro atoms. The summed E-state index contributed by atoms with van der Waals surface area (Å²) in [4.78, 5) is 34.6. The summed E-state index contributed by atoms with van der Waals surface area (Å²) in [7, 11) is 0. The van der Waals surface area contributed by atoms with E-state index in [1.807, 2.05) is 30.9 Å². The zero-order chi connectivity index (χ0) is 22.5. The minimum Gasteiger partial charge on any atom is -0.381 e. The molecule has 4 heterocycles. The quantitative estimate of drug-likeness (QED) is 0.654. The fraction of sp³-hybridized carbons (Fsp3) is 0.609. The van der Waals surface area contributed by atoms with Crippen molar-refractivity contribution < 1.29 is 14.3 Å². The van der Waals surface area contributed by atoms with Gasteiger partial charge in [0, 0.05) is 58.2 Å². The monoisotopic (exact) mass is 440 g/mol. The number of carbonyl (C=O) groups excluding carboxylic acids is 2. The summed E-state index contributed by atoms with van der Waals surface area (Å²) in [5, 5.41) is 8.59. The van der Waals surface area contributed by atoms with Gasteiger partial charge in [0.15, 0.2) is 0 Å². The van der Waals surface area contributed by atoms with Crippen LogP contribution in [0.25, 0.3) is 0 Å². The van der Waals surface area contributed by atoms with Gasteiger partial charge in [-0.15, -0.1) is 5.10 Å². The van der Waals surface area contributed by atoms with Crippen molar-refractivity contribution in [2.24, 2.45) is 5.92 Å². The number of carbonyl (C=O) groups is 2. The average Bonchev–Trinajstić information content (AvgIpc) is 3.26. The molecule has 2 aromatic heterocycles. The number of aryl methyl sites for hydroxylation is 1. The summed E-state index contributed by atoms with van der Waals surface area (Å²) in [6.07, 6.45) is 5.79. The number of rotatable bonds is 7. The van der Waals surface area contributed by atoms with Crippen molar-refractivity contribution in [3.05, 3.63) is 41.5 Å². The standard InChI is InChI=1S/C23H32N6O3/c1-3-27(14-18-5-9-24-10-6-18)23(31)19-15-28(16-20-22(19)29(4-2)26-25-20)21(30)13-17-7-11-32-12-8-17/h5-6,9-10,17,19H,3-4,7-8,11-16H2,1-2H3. The van der Waals surface area contributed by atoms with E-state index in [0.717, 1.165) is 29.8 Å². The Labute approximate surface area is 188 Å². The first-order valence-electron chi connectivity index (χ1n) is 11.6. The van der Waals surface area contributed by atoms with Crippen LogP contribution in [0.2, 0.25) is 0 Å². The lowest BCUT2D eigenvalue weighted by Crippen LogP contribution is -2.46. The molecular weight excluding hydrogens is 408 g/mol. The van der Waals surface area contributed by atoms with E-state index < -0.39 is 5.92 Å². The van der Waals surface area contributed by atoms with Crippen molar-refractivity contribution in [1.82, 2.24) is 29.8 Å². The lowest BCUT2D eigenvalue weighted by Gasteiger charge is -2.35. The number of nitrogens with zero attached hydrogens (tertiary/aromatic N) is 6. The fourth-order valence-corrected chi connectivity index (χ4v) is 4.62. The van der Waals surface area contributed by atoms with Crippen LogP contribution >= 0.6 is 0 Å². The number of fused-ring (bicyclic) bond motifs is 1. The van der Waals surface area contributed by atoms with Gasteiger partial charge in [0.1, 0.15) is 5.69 Å². The first kappa shape index (κ1) is 22.4. The Morgan fingerprint density at radius 1 is 1.19 bits per heavy atom. The van der Waals surface area contributed by atoms with Crippen molar-refractivity contribution >= 4 is 11.8 Å². The van der Waals surface area contributed by atoms with E-state index in [2.05, 4.69) is 15.3 Å². The first-order chi connectivity index (χ1) is 15.6. The Balaban J connectivity index is 1.55. The molecular formula is C23H32N6O3. The molecule has 32 heavy (non-hydrogen) atoms. The third-order valence-electron chi connectivity index (χ3n) is 6.49. The van der Waals surface area contributed by atoms with E-state index in [9.17, 15) is 9.59 Å². The topological polar surface area (TPSA) is 93.5 Å². The third kappa shape index (κ3) is 4.82. The van der Waals surface area contributed by atoms with E-state index in [4.69, 9.17) is 4.74 Å². The predicted molar refractivity (Wildman–Crippen MR) is 117 cm³/mol. The van der Waals surface area contributed by atoms with Crippen LogP contribution in [0.4, 0.5) is 0 Å². The minimum absolute atomic E-state index is 0.00567. The highest BCUT2D eigenvalue weighted by Gasteiger charge is 2.39. The van der Waals surface area contributed by atoms with Crippen LogP contribution in [0.3, 0.4) is 0 Å². The summed E-state index contributed by atoms with van der Waals surface area (Å²) in [5.74, 6) is -0.0270. The van der Waals surface area contributed by atoms with Crippen molar-refractivity contribution in [2.75, 3.05) is 26.3 Å². The highest BCUT2D eigenvalue weighted by atomic mass is 16.5. The first-order valence-corrected chi connectivity index (χ1v) is 11.6. The minimum atomic E-state index is -0.464. The molecule has 1 fully saturated rings. The Morgan fingerprint density at radius 2 is 1.94 bits per heavy atom. The van der Waals surface area contributed by atoms with E-state index in [-0.39, 0.29) is 11.8 Å². The summed E-state index contributed by atoms with van der Waals surface area (Å²) < 4.78 is 7.23. The molecule has 0 saturated carbocycles. The van der Waals surface area contributed by atoms with Crippen LogP contribution in [0.15, 0.2) is 24.5 Å². The van der Waals surface area contributed by atoms with E-state index >= 15 is 0 Å². The van der Waals surface area contributed by atoms with Crippen LogP contribution in [0.5, 0.6) is 0 Å². The number of hydrogen-bond donors (Lipinski definition) is 0. The van der Waals surface area contributed by atoms with E-state index in [1.54, 1.807) is 22.0 Å². The van der Waals surface area contributed by atoms with Gasteiger partial charge in [-0.3, -0.25) is 14.6 Å². The largest absolute Gasteiger partial charge is 0.381 e. The molecule has 0 N–H and O–H groups in total. The van der Waals surface area contributed by atoms with Gasteiger partial charge in [0.25, 0.3) is 0 Å². The number of likely N-dealkylation sites (N-methyl/N-ethyl adjacent to an activating group) is 1. The molecule has 1 saturated heterocycles. The fourth-order valence-electron chi connectivity index (χ4n) is 4.62. The number of amides is 2. The summed E-state index contributed by atoms with van der Waals surface area (Å²) in [6, 6.07) is 3.84. The van der Waals surface area contributed by atoms with Gasteiger partial charge in [0.05, 0.1) is 18.2 Å². The second-order valence-corrected chi connectivity index (χ2v) is 8.53. The Hall–Kier alpha value is -2.81. The molecule has 9 nitrogen and oxygen atoms in total. The van der Waals surface area contributed by atoms with Crippen LogP contribution in [0, 0.1) is 5.92 Å². The molecule has 0 radical (unpaired) electrons. The molecule has 2 aromatic rings. The number of ether oxygens (including phenoxy) is 1. The number of pyridine rings is 1. The van der Waals surface area contributed by atoms with Gasteiger partial charge >= 0.3 is 0 Å². The zero-order valence-electron chi connectivity index (χ0n) is 18.9. The third-order valence-corrected chi connectivity index (χ3v) is 6.49. The molecule has 2 aliphatic heterocycles. The predicted octanol–water partition coefficient (Wildman–Crippen LogP) is 1.98. The summed E-state index contributed by atoms with van der Waals surface area (Å²) in [6.45, 7) is 7.91. The molecule has 172 valence electrons. The molecule has 9 heteroatoms. The second-order valence-electron chi connectivity index (χ2n) is 8.53. The Morgan fingerprint density at radius 3 is 2.62 bits per heavy atom. The lowest BCUT2D eigenvalue weighted by atomic mass is 9.93. The van der Waals surface area contributed by atoms with Gasteiger partial charge in [0.2, 0.25) is 11.8 Å². The van der Waals surface area contributed by atoms with Gasteiger partial charge in [-0.1, -0.05) is 5.21 Å². The Kier molecular flexibility index (Phi) is 7.14. The second kappa shape index (κ2) is 10.2. The number of hydrogen-bond acceptors (Lipinski definition) is 6. The van der Waals surface area contributed by atoms with Crippen LogP contribution < -0.4 is 0 Å². The van der Waals surface area contributed by atoms with Gasteiger partial charge in [-0.05, 0) is 50.3 Å². The smallest absolute Gasteiger partial charge is 0.233 e. The molecule has 0 aromatic carbocycles. The maximum atomic E-state index is 13.7. The Bertz CT molecular complexity index is 925. The lowest BCUT2D eigenvalue weighted by molar-refractivity contribution is -0.138. The van der Waals surface area contributed by atoms with Gasteiger partial charge < -0.3 is 14.5 Å². The van der Waals surface area contributed by atoms with Crippen molar-refractivity contribution in [3.63, 3.8) is 0 Å². The number of aromatic nitrogens is 4. The van der Waals surface area contributed by atoms with Crippen LogP contribution in [-0.2, 0) is 34.0 Å². The van der Waals surface area contributed by atoms with Crippen LogP contribution in [-0.4, -0.2) is 67.9 Å². The van der Waals surface area contributed by atoms with Crippen molar-refractivity contribution in [2.45, 2.75) is 58.7 Å². The molecule has 0 aliphatic carbocycles. The summed E-state index contributed by atoms with van der Waals surface area (Å²) in [5.41, 5.74) is 2.61. The van der Waals surface area contributed by atoms with Crippen LogP contribution in [0.1, 0.15) is 56.0 Å². The van der Waals surface area contributed by atoms with E-state index in [1.165, 1.54) is 0 Å². The highest BCUT2D eigenvalue weighted by Crippen LogP contribution is 2.31. The van der Waals surface area contributed by atoms with Gasteiger partial charge in [-0.2, -0.15) is 0 Å². The molecule has 1 unspecified atom stereocenters. The maximum Gasteiger partial charge on any atom is 0.233 e. The SMILES string of the molecule is CCN(Cc1ccncc1)C(=O)C1CN(C(=O)CC2CCOCC2)Cc2nnn(CC)c21. The average molecular weight is 441 g/mol. The maximum absolute atomic E-state index is 13.7. The highest BCUT2D eigenvalue weighted by molar-refractivity contribution is 5.86. The summed E-state index contributed by atoms with van der Waals surface area (Å²) >= 11 is 0. The normalized spacial score (nSPS) is 18.9. The zero-order valence-corrected chi connectivity index (χ0v) is 18.9. The molecule has 2 aliphatic rings. The molecule has 1 atom stereocenters. The molecule has 2 amide bonds. The van der Waals surface area contributed by atoms with E-state index in [0.29, 0.717) is 58.3 Å². The van der Waals surface area contributed by atoms with Crippen molar-refractivity contribution in [3.8, 4) is 0 Å². The van der Waals surface area contributed by atoms with Crippen molar-refractivity contribution in [1.29, 1.82) is 0 Å². The van der Waals surface area contributed by atoms with Gasteiger partial charge in [-0.25, -0.2) is 4.68 Å². The molecule has 4 rings (SSSR count). The molecule has 0 bridgehead atoms.